The molecule has 0 radical (unpaired) electrons. The second kappa shape index (κ2) is 6.44. The van der Waals surface area contributed by atoms with Crippen LogP contribution in [0.1, 0.15) is 12.8 Å². The molecule has 2 N–H and O–H groups in total. The molecule has 6 nitrogen and oxygen atoms in total. The maximum absolute atomic E-state index is 11.6. The van der Waals surface area contributed by atoms with Crippen LogP contribution in [0.5, 0.6) is 0 Å². The van der Waals surface area contributed by atoms with Crippen LogP contribution >= 0.6 is 0 Å². The summed E-state index contributed by atoms with van der Waals surface area (Å²) in [4.78, 5) is 26.1. The van der Waals surface area contributed by atoms with E-state index in [1.807, 2.05) is 0 Å². The third-order valence-electron chi connectivity index (χ3n) is 2.57. The molecule has 0 atom stereocenters. The molecule has 0 spiro atoms. The molecule has 1 rings (SSSR count). The monoisotopic (exact) mass is 230 g/mol. The van der Waals surface area contributed by atoms with Crippen molar-refractivity contribution in [3.8, 4) is 0 Å². The Labute approximate surface area is 94.4 Å². The van der Waals surface area contributed by atoms with Gasteiger partial charge in [-0.1, -0.05) is 0 Å². The summed E-state index contributed by atoms with van der Waals surface area (Å²) in [7, 11) is 0. The fraction of sp³-hybridized carbons (Fsp3) is 0.800. The van der Waals surface area contributed by atoms with E-state index < -0.39 is 11.8 Å². The molecule has 1 saturated heterocycles. The Kier molecular flexibility index (Phi) is 5.21. The molecule has 1 aliphatic heterocycles. The highest BCUT2D eigenvalue weighted by molar-refractivity contribution is 6.35. The number of hydrogen-bond donors (Lipinski definition) is 2. The van der Waals surface area contributed by atoms with Gasteiger partial charge in [0.2, 0.25) is 0 Å². The van der Waals surface area contributed by atoms with E-state index in [4.69, 9.17) is 10.2 Å². The van der Waals surface area contributed by atoms with Gasteiger partial charge in [0.1, 0.15) is 0 Å². The highest BCUT2D eigenvalue weighted by Crippen LogP contribution is 2.06. The normalized spacial score (nSPS) is 17.1. The molecule has 0 aromatic heterocycles. The van der Waals surface area contributed by atoms with Crippen molar-refractivity contribution in [3.05, 3.63) is 0 Å². The van der Waals surface area contributed by atoms with Crippen molar-refractivity contribution in [2.24, 2.45) is 0 Å². The van der Waals surface area contributed by atoms with Crippen molar-refractivity contribution in [2.75, 3.05) is 39.4 Å². The van der Waals surface area contributed by atoms with E-state index in [1.165, 1.54) is 9.80 Å². The first-order chi connectivity index (χ1) is 7.70. The minimum Gasteiger partial charge on any atom is -0.396 e. The minimum absolute atomic E-state index is 0.0200. The van der Waals surface area contributed by atoms with Gasteiger partial charge in [0.05, 0.1) is 0 Å². The molecule has 1 fully saturated rings. The standard InChI is InChI=1S/C10H18N2O4/c13-7-1-3-11-5-6-12(4-2-8-14)10(16)9(11)15/h13-14H,1-8H2. The van der Waals surface area contributed by atoms with Gasteiger partial charge in [-0.25, -0.2) is 0 Å². The summed E-state index contributed by atoms with van der Waals surface area (Å²) >= 11 is 0. The summed E-state index contributed by atoms with van der Waals surface area (Å²) < 4.78 is 0. The minimum atomic E-state index is -0.502. The van der Waals surface area contributed by atoms with Crippen LogP contribution in [0.25, 0.3) is 0 Å². The van der Waals surface area contributed by atoms with Crippen molar-refractivity contribution in [3.63, 3.8) is 0 Å². The van der Waals surface area contributed by atoms with Gasteiger partial charge in [0.25, 0.3) is 0 Å². The van der Waals surface area contributed by atoms with Crippen LogP contribution in [0, 0.1) is 0 Å². The van der Waals surface area contributed by atoms with Crippen LogP contribution in [-0.4, -0.2) is 71.2 Å². The van der Waals surface area contributed by atoms with Crippen molar-refractivity contribution < 1.29 is 19.8 Å². The number of rotatable bonds is 6. The maximum Gasteiger partial charge on any atom is 0.312 e. The topological polar surface area (TPSA) is 81.1 Å². The number of nitrogens with zero attached hydrogens (tertiary/aromatic N) is 2. The number of amides is 2. The third-order valence-corrected chi connectivity index (χ3v) is 2.57. The van der Waals surface area contributed by atoms with E-state index in [-0.39, 0.29) is 13.2 Å². The summed E-state index contributed by atoms with van der Waals surface area (Å²) in [5.41, 5.74) is 0. The lowest BCUT2D eigenvalue weighted by Crippen LogP contribution is -2.54. The smallest absolute Gasteiger partial charge is 0.312 e. The first-order valence-electron chi connectivity index (χ1n) is 5.50. The Balaban J connectivity index is 2.45. The van der Waals surface area contributed by atoms with Crippen LogP contribution in [-0.2, 0) is 9.59 Å². The average Bonchev–Trinajstić information content (AvgIpc) is 2.30. The zero-order valence-electron chi connectivity index (χ0n) is 9.26. The Morgan fingerprint density at radius 2 is 1.25 bits per heavy atom. The molecule has 0 bridgehead atoms. The summed E-state index contributed by atoms with van der Waals surface area (Å²) in [6, 6.07) is 0. The Morgan fingerprint density at radius 3 is 1.56 bits per heavy atom. The van der Waals surface area contributed by atoms with Gasteiger partial charge in [0, 0.05) is 39.4 Å². The van der Waals surface area contributed by atoms with E-state index in [2.05, 4.69) is 0 Å². The Hall–Kier alpha value is -1.14. The summed E-state index contributed by atoms with van der Waals surface area (Å²) in [6.07, 6.45) is 0.991. The maximum atomic E-state index is 11.6. The van der Waals surface area contributed by atoms with E-state index in [0.29, 0.717) is 39.0 Å². The number of carbonyl (C=O) groups excluding carboxylic acids is 2. The number of aliphatic hydroxyl groups excluding tert-OH is 2. The predicted octanol–water partition coefficient (Wildman–Crippen LogP) is -1.58. The van der Waals surface area contributed by atoms with Crippen molar-refractivity contribution in [2.45, 2.75) is 12.8 Å². The number of hydrogen-bond acceptors (Lipinski definition) is 4. The predicted molar refractivity (Wildman–Crippen MR) is 56.6 cm³/mol. The molecule has 0 aromatic rings. The molecule has 0 unspecified atom stereocenters. The number of carbonyl (C=O) groups is 2. The lowest BCUT2D eigenvalue weighted by Gasteiger charge is -2.33. The molecule has 0 saturated carbocycles. The van der Waals surface area contributed by atoms with Crippen molar-refractivity contribution in [1.29, 1.82) is 0 Å². The summed E-state index contributed by atoms with van der Waals surface area (Å²) in [5, 5.41) is 17.3. The van der Waals surface area contributed by atoms with Crippen LogP contribution in [0.3, 0.4) is 0 Å². The Bertz CT molecular complexity index is 231. The van der Waals surface area contributed by atoms with Crippen molar-refractivity contribution in [1.82, 2.24) is 9.80 Å². The molecule has 0 aromatic carbocycles. The fourth-order valence-electron chi connectivity index (χ4n) is 1.66. The van der Waals surface area contributed by atoms with Gasteiger partial charge in [-0.2, -0.15) is 0 Å². The second-order valence-corrected chi connectivity index (χ2v) is 3.74. The zero-order valence-corrected chi connectivity index (χ0v) is 9.26. The number of aliphatic hydroxyl groups is 2. The van der Waals surface area contributed by atoms with Gasteiger partial charge in [-0.3, -0.25) is 9.59 Å². The molecule has 1 aliphatic rings. The van der Waals surface area contributed by atoms with Crippen LogP contribution < -0.4 is 0 Å². The van der Waals surface area contributed by atoms with Crippen LogP contribution in [0.15, 0.2) is 0 Å². The van der Waals surface area contributed by atoms with Gasteiger partial charge in [0.15, 0.2) is 0 Å². The van der Waals surface area contributed by atoms with E-state index in [1.54, 1.807) is 0 Å². The van der Waals surface area contributed by atoms with Crippen LogP contribution in [0.2, 0.25) is 0 Å². The summed E-state index contributed by atoms with van der Waals surface area (Å²) in [6.45, 7) is 1.91. The fourth-order valence-corrected chi connectivity index (χ4v) is 1.66. The molecule has 2 amide bonds. The first-order valence-corrected chi connectivity index (χ1v) is 5.50. The molecule has 92 valence electrons. The molecule has 6 heteroatoms. The highest BCUT2D eigenvalue weighted by Gasteiger charge is 2.31. The summed E-state index contributed by atoms with van der Waals surface area (Å²) in [5.74, 6) is -1.00. The van der Waals surface area contributed by atoms with Gasteiger partial charge in [-0.05, 0) is 12.8 Å². The second-order valence-electron chi connectivity index (χ2n) is 3.74. The molecular formula is C10H18N2O4. The van der Waals surface area contributed by atoms with E-state index in [9.17, 15) is 9.59 Å². The van der Waals surface area contributed by atoms with Gasteiger partial charge < -0.3 is 20.0 Å². The average molecular weight is 230 g/mol. The molecule has 0 aliphatic carbocycles. The highest BCUT2D eigenvalue weighted by atomic mass is 16.3. The van der Waals surface area contributed by atoms with E-state index in [0.717, 1.165) is 0 Å². The zero-order chi connectivity index (χ0) is 12.0. The quantitative estimate of drug-likeness (QED) is 0.540. The lowest BCUT2D eigenvalue weighted by atomic mass is 10.2. The van der Waals surface area contributed by atoms with E-state index >= 15 is 0 Å². The Morgan fingerprint density at radius 1 is 0.875 bits per heavy atom. The molecular weight excluding hydrogens is 212 g/mol. The largest absolute Gasteiger partial charge is 0.396 e. The SMILES string of the molecule is O=C1C(=O)N(CCCO)CCN1CCCO. The lowest BCUT2D eigenvalue weighted by molar-refractivity contribution is -0.156. The van der Waals surface area contributed by atoms with Gasteiger partial charge in [-0.15, -0.1) is 0 Å². The number of piperazine rings is 1. The van der Waals surface area contributed by atoms with Crippen molar-refractivity contribution >= 4 is 11.8 Å². The molecule has 16 heavy (non-hydrogen) atoms. The first kappa shape index (κ1) is 12.9. The molecule has 1 heterocycles. The van der Waals surface area contributed by atoms with Gasteiger partial charge >= 0.3 is 11.8 Å². The van der Waals surface area contributed by atoms with Crippen LogP contribution in [0.4, 0.5) is 0 Å². The third kappa shape index (κ3) is 3.18.